The average Bonchev–Trinajstić information content (AvgIpc) is 2.94. The number of thiophene rings is 1. The molecule has 1 unspecified atom stereocenters. The third-order valence-electron chi connectivity index (χ3n) is 2.66. The van der Waals surface area contributed by atoms with Gasteiger partial charge in [-0.3, -0.25) is 0 Å². The maximum absolute atomic E-state index is 10.0. The van der Waals surface area contributed by atoms with Gasteiger partial charge >= 0.3 is 0 Å². The number of hydrogen-bond donors (Lipinski definition) is 3. The van der Waals surface area contributed by atoms with Gasteiger partial charge in [0.1, 0.15) is 11.6 Å². The van der Waals surface area contributed by atoms with E-state index in [1.54, 1.807) is 17.4 Å². The van der Waals surface area contributed by atoms with Gasteiger partial charge in [-0.1, -0.05) is 23.2 Å². The largest absolute Gasteiger partial charge is 0.387 e. The summed E-state index contributed by atoms with van der Waals surface area (Å²) in [6.45, 7) is 3.00. The standard InChI is InChI=1S/C13H15Cl2N3OS/c1-2-16-12-9(14)5-10(15)13(18-12)17-6-11(19)8-3-4-20-7-8/h3-5,7,11,19H,2,6H2,1H3,(H2,16,17,18). The van der Waals surface area contributed by atoms with Crippen LogP contribution >= 0.6 is 34.5 Å². The Morgan fingerprint density at radius 2 is 2.00 bits per heavy atom. The number of anilines is 2. The molecule has 0 aromatic carbocycles. The van der Waals surface area contributed by atoms with Crippen molar-refractivity contribution in [3.63, 3.8) is 0 Å². The topological polar surface area (TPSA) is 57.2 Å². The smallest absolute Gasteiger partial charge is 0.147 e. The summed E-state index contributed by atoms with van der Waals surface area (Å²) in [7, 11) is 0. The highest BCUT2D eigenvalue weighted by Gasteiger charge is 2.12. The van der Waals surface area contributed by atoms with Gasteiger partial charge in [-0.05, 0) is 35.4 Å². The molecule has 0 saturated carbocycles. The third-order valence-corrected chi connectivity index (χ3v) is 3.94. The van der Waals surface area contributed by atoms with Crippen molar-refractivity contribution in [2.75, 3.05) is 23.7 Å². The molecule has 0 radical (unpaired) electrons. The van der Waals surface area contributed by atoms with Crippen LogP contribution in [0.3, 0.4) is 0 Å². The number of hydrogen-bond acceptors (Lipinski definition) is 5. The summed E-state index contributed by atoms with van der Waals surface area (Å²) in [5, 5.41) is 20.9. The molecule has 0 saturated heterocycles. The maximum atomic E-state index is 10.0. The molecular weight excluding hydrogens is 317 g/mol. The molecule has 0 bridgehead atoms. The molecule has 0 aliphatic heterocycles. The molecule has 0 aliphatic carbocycles. The molecule has 2 heterocycles. The second-order valence-electron chi connectivity index (χ2n) is 4.13. The summed E-state index contributed by atoms with van der Waals surface area (Å²) in [5.74, 6) is 1.08. The number of halogens is 2. The Balaban J connectivity index is 2.07. The first-order valence-electron chi connectivity index (χ1n) is 6.15. The third kappa shape index (κ3) is 3.76. The number of nitrogens with one attached hydrogen (secondary N) is 2. The molecule has 2 aromatic rings. The van der Waals surface area contributed by atoms with Crippen molar-refractivity contribution in [1.29, 1.82) is 0 Å². The zero-order valence-corrected chi connectivity index (χ0v) is 13.2. The van der Waals surface area contributed by atoms with E-state index >= 15 is 0 Å². The lowest BCUT2D eigenvalue weighted by molar-refractivity contribution is 0.192. The first-order valence-corrected chi connectivity index (χ1v) is 7.85. The van der Waals surface area contributed by atoms with Gasteiger partial charge in [0, 0.05) is 13.1 Å². The normalized spacial score (nSPS) is 12.2. The van der Waals surface area contributed by atoms with E-state index in [4.69, 9.17) is 23.2 Å². The average molecular weight is 332 g/mol. The summed E-state index contributed by atoms with van der Waals surface area (Å²) >= 11 is 13.7. The van der Waals surface area contributed by atoms with Gasteiger partial charge in [0.2, 0.25) is 0 Å². The molecule has 2 aromatic heterocycles. The predicted molar refractivity (Wildman–Crippen MR) is 86.2 cm³/mol. The van der Waals surface area contributed by atoms with Gasteiger partial charge in [-0.25, -0.2) is 4.98 Å². The van der Waals surface area contributed by atoms with E-state index < -0.39 is 6.10 Å². The molecule has 0 amide bonds. The van der Waals surface area contributed by atoms with Crippen LogP contribution in [-0.4, -0.2) is 23.2 Å². The van der Waals surface area contributed by atoms with Crippen LogP contribution in [0.4, 0.5) is 11.6 Å². The lowest BCUT2D eigenvalue weighted by Gasteiger charge is -2.14. The van der Waals surface area contributed by atoms with Gasteiger partial charge in [-0.2, -0.15) is 11.3 Å². The first kappa shape index (κ1) is 15.4. The Labute approximate surface area is 131 Å². The van der Waals surface area contributed by atoms with Crippen molar-refractivity contribution in [3.8, 4) is 0 Å². The maximum Gasteiger partial charge on any atom is 0.147 e. The molecule has 108 valence electrons. The van der Waals surface area contributed by atoms with Crippen molar-refractivity contribution in [1.82, 2.24) is 4.98 Å². The van der Waals surface area contributed by atoms with Gasteiger partial charge in [0.15, 0.2) is 0 Å². The minimum atomic E-state index is -0.600. The Morgan fingerprint density at radius 1 is 1.30 bits per heavy atom. The van der Waals surface area contributed by atoms with Crippen LogP contribution in [0.1, 0.15) is 18.6 Å². The van der Waals surface area contributed by atoms with Gasteiger partial charge in [0.25, 0.3) is 0 Å². The van der Waals surface area contributed by atoms with E-state index in [-0.39, 0.29) is 0 Å². The summed E-state index contributed by atoms with van der Waals surface area (Å²) in [5.41, 5.74) is 0.875. The van der Waals surface area contributed by atoms with Crippen molar-refractivity contribution < 1.29 is 5.11 Å². The predicted octanol–water partition coefficient (Wildman–Crippen LogP) is 4.03. The minimum Gasteiger partial charge on any atom is -0.387 e. The zero-order chi connectivity index (χ0) is 14.5. The second kappa shape index (κ2) is 7.13. The van der Waals surface area contributed by atoms with Crippen molar-refractivity contribution >= 4 is 46.2 Å². The molecule has 2 rings (SSSR count). The molecule has 3 N–H and O–H groups in total. The van der Waals surface area contributed by atoms with Crippen molar-refractivity contribution in [2.45, 2.75) is 13.0 Å². The number of rotatable bonds is 6. The Kier molecular flexibility index (Phi) is 5.48. The Morgan fingerprint density at radius 3 is 2.60 bits per heavy atom. The van der Waals surface area contributed by atoms with E-state index in [1.807, 2.05) is 23.8 Å². The first-order chi connectivity index (χ1) is 9.61. The summed E-state index contributed by atoms with van der Waals surface area (Å²) in [6, 6.07) is 3.52. The lowest BCUT2D eigenvalue weighted by Crippen LogP contribution is -2.13. The SMILES string of the molecule is CCNc1nc(NCC(O)c2ccsc2)c(Cl)cc1Cl. The van der Waals surface area contributed by atoms with Crippen LogP contribution in [0.15, 0.2) is 22.9 Å². The van der Waals surface area contributed by atoms with Gasteiger partial charge < -0.3 is 15.7 Å². The Bertz CT molecular complexity index is 563. The van der Waals surface area contributed by atoms with E-state index in [9.17, 15) is 5.11 Å². The van der Waals surface area contributed by atoms with Crippen LogP contribution < -0.4 is 10.6 Å². The zero-order valence-electron chi connectivity index (χ0n) is 10.9. The minimum absolute atomic E-state index is 0.330. The summed E-state index contributed by atoms with van der Waals surface area (Å²) in [4.78, 5) is 4.32. The van der Waals surface area contributed by atoms with Crippen LogP contribution in [0.25, 0.3) is 0 Å². The number of aliphatic hydroxyl groups is 1. The fourth-order valence-electron chi connectivity index (χ4n) is 1.66. The molecule has 4 nitrogen and oxygen atoms in total. The van der Waals surface area contributed by atoms with E-state index in [0.29, 0.717) is 34.8 Å². The van der Waals surface area contributed by atoms with E-state index in [1.165, 1.54) is 0 Å². The fourth-order valence-corrected chi connectivity index (χ4v) is 2.86. The lowest BCUT2D eigenvalue weighted by atomic mass is 10.2. The van der Waals surface area contributed by atoms with Crippen LogP contribution in [0.2, 0.25) is 10.0 Å². The van der Waals surface area contributed by atoms with Gasteiger partial charge in [-0.15, -0.1) is 0 Å². The monoisotopic (exact) mass is 331 g/mol. The van der Waals surface area contributed by atoms with E-state index in [0.717, 1.165) is 5.56 Å². The molecule has 20 heavy (non-hydrogen) atoms. The van der Waals surface area contributed by atoms with Gasteiger partial charge in [0.05, 0.1) is 16.1 Å². The highest BCUT2D eigenvalue weighted by Crippen LogP contribution is 2.29. The second-order valence-corrected chi connectivity index (χ2v) is 5.73. The Hall–Kier alpha value is -1.01. The molecule has 0 aliphatic rings. The molecule has 0 fully saturated rings. The highest BCUT2D eigenvalue weighted by molar-refractivity contribution is 7.07. The van der Waals surface area contributed by atoms with Crippen LogP contribution in [0, 0.1) is 0 Å². The number of aromatic nitrogens is 1. The number of aliphatic hydroxyl groups excluding tert-OH is 1. The summed E-state index contributed by atoms with van der Waals surface area (Å²) < 4.78 is 0. The highest BCUT2D eigenvalue weighted by atomic mass is 35.5. The number of pyridine rings is 1. The molecule has 1 atom stereocenters. The quantitative estimate of drug-likeness (QED) is 0.748. The van der Waals surface area contributed by atoms with Crippen molar-refractivity contribution in [3.05, 3.63) is 38.5 Å². The fraction of sp³-hybridized carbons (Fsp3) is 0.308. The van der Waals surface area contributed by atoms with Crippen LogP contribution in [0.5, 0.6) is 0 Å². The molecule has 0 spiro atoms. The number of nitrogens with zero attached hydrogens (tertiary/aromatic N) is 1. The molecular formula is C13H15Cl2N3OS. The summed E-state index contributed by atoms with van der Waals surface area (Å²) in [6.07, 6.45) is -0.600. The van der Waals surface area contributed by atoms with Crippen LogP contribution in [-0.2, 0) is 0 Å². The van der Waals surface area contributed by atoms with Crippen molar-refractivity contribution in [2.24, 2.45) is 0 Å². The van der Waals surface area contributed by atoms with E-state index in [2.05, 4.69) is 15.6 Å². The molecule has 7 heteroatoms.